The average molecular weight is 660 g/mol. The van der Waals surface area contributed by atoms with Gasteiger partial charge in [0.05, 0.1) is 12.6 Å². The van der Waals surface area contributed by atoms with Crippen LogP contribution in [0.3, 0.4) is 0 Å². The summed E-state index contributed by atoms with van der Waals surface area (Å²) in [5, 5.41) is 32.1. The number of anilines is 2. The molecule has 0 amide bonds. The lowest BCUT2D eigenvalue weighted by Crippen LogP contribution is -2.48. The summed E-state index contributed by atoms with van der Waals surface area (Å²) in [5.74, 6) is -6.07. The van der Waals surface area contributed by atoms with E-state index in [2.05, 4.69) is 42.4 Å². The molecule has 5 aromatic rings. The lowest BCUT2D eigenvalue weighted by atomic mass is 9.84. The first-order chi connectivity index (χ1) is 23.1. The molecule has 2 aliphatic rings. The van der Waals surface area contributed by atoms with Crippen molar-refractivity contribution in [3.63, 3.8) is 0 Å². The number of tetrazole rings is 1. The molecule has 1 aliphatic carbocycles. The molecule has 7 rings (SSSR count). The number of hydrogen-bond donors (Lipinski definition) is 2. The van der Waals surface area contributed by atoms with E-state index in [1.807, 2.05) is 36.4 Å². The fraction of sp³-hybridized carbons (Fsp3) is 0.314. The van der Waals surface area contributed by atoms with Gasteiger partial charge in [0.2, 0.25) is 0 Å². The lowest BCUT2D eigenvalue weighted by molar-refractivity contribution is -0.207. The van der Waals surface area contributed by atoms with E-state index < -0.39 is 41.0 Å². The first kappa shape index (κ1) is 31.7. The highest BCUT2D eigenvalue weighted by atomic mass is 19.3. The molecule has 1 saturated carbocycles. The third-order valence-electron chi connectivity index (χ3n) is 9.28. The van der Waals surface area contributed by atoms with Crippen LogP contribution in [0.2, 0.25) is 0 Å². The van der Waals surface area contributed by atoms with Gasteiger partial charge in [0.25, 0.3) is 0 Å². The highest BCUT2D eigenvalue weighted by molar-refractivity contribution is 5.66. The highest BCUT2D eigenvalue weighted by Gasteiger charge is 2.58. The Balaban J connectivity index is 1.03. The SMILES string of the molecule is O[C@@H](c1ccc(N2CCN(c3ccc(-c4ccc(C(F)(F)C(O)(Cn5cnnn5)c5ccc(F)cc5F)nc4)cc3)CC2)cc1)C1CC1. The van der Waals surface area contributed by atoms with Crippen LogP contribution >= 0.6 is 0 Å². The predicted molar refractivity (Wildman–Crippen MR) is 170 cm³/mol. The van der Waals surface area contributed by atoms with Crippen LogP contribution in [0.1, 0.15) is 35.8 Å². The van der Waals surface area contributed by atoms with Crippen molar-refractivity contribution in [3.05, 3.63) is 120 Å². The molecule has 2 aromatic heterocycles. The number of pyridine rings is 1. The number of hydrogen-bond acceptors (Lipinski definition) is 8. The molecule has 0 bridgehead atoms. The second-order valence-electron chi connectivity index (χ2n) is 12.4. The highest BCUT2D eigenvalue weighted by Crippen LogP contribution is 2.47. The largest absolute Gasteiger partial charge is 0.388 e. The van der Waals surface area contributed by atoms with E-state index in [-0.39, 0.29) is 6.10 Å². The molecule has 48 heavy (non-hydrogen) atoms. The molecule has 2 fully saturated rings. The Morgan fingerprint density at radius 1 is 0.812 bits per heavy atom. The zero-order valence-electron chi connectivity index (χ0n) is 25.8. The molecule has 1 saturated heterocycles. The van der Waals surface area contributed by atoms with Gasteiger partial charge in [0.1, 0.15) is 23.7 Å². The van der Waals surface area contributed by atoms with Gasteiger partial charge in [0, 0.05) is 60.9 Å². The number of rotatable bonds is 10. The number of halogens is 4. The predicted octanol–water partition coefficient (Wildman–Crippen LogP) is 5.46. The molecule has 1 unspecified atom stereocenters. The van der Waals surface area contributed by atoms with Gasteiger partial charge >= 0.3 is 5.92 Å². The van der Waals surface area contributed by atoms with Gasteiger partial charge in [-0.3, -0.25) is 4.98 Å². The minimum absolute atomic E-state index is 0.374. The van der Waals surface area contributed by atoms with E-state index in [4.69, 9.17) is 0 Å². The Morgan fingerprint density at radius 2 is 1.44 bits per heavy atom. The quantitative estimate of drug-likeness (QED) is 0.191. The summed E-state index contributed by atoms with van der Waals surface area (Å²) in [7, 11) is 0. The molecular weight excluding hydrogens is 626 g/mol. The molecule has 2 N–H and O–H groups in total. The maximum atomic E-state index is 16.1. The van der Waals surface area contributed by atoms with Gasteiger partial charge in [-0.25, -0.2) is 13.5 Å². The van der Waals surface area contributed by atoms with E-state index in [1.54, 1.807) is 0 Å². The third-order valence-corrected chi connectivity index (χ3v) is 9.28. The van der Waals surface area contributed by atoms with Crippen molar-refractivity contribution in [2.24, 2.45) is 5.92 Å². The molecule has 1 aliphatic heterocycles. The minimum Gasteiger partial charge on any atom is -0.388 e. The average Bonchev–Trinajstić information content (AvgIpc) is 3.84. The van der Waals surface area contributed by atoms with Crippen LogP contribution in [-0.2, 0) is 18.1 Å². The van der Waals surface area contributed by atoms with Crippen LogP contribution in [0.4, 0.5) is 28.9 Å². The zero-order chi connectivity index (χ0) is 33.5. The summed E-state index contributed by atoms with van der Waals surface area (Å²) in [6.07, 6.45) is 4.08. The van der Waals surface area contributed by atoms with Gasteiger partial charge in [0.15, 0.2) is 5.60 Å². The van der Waals surface area contributed by atoms with Gasteiger partial charge in [-0.05, 0) is 82.8 Å². The lowest BCUT2D eigenvalue weighted by Gasteiger charge is -2.37. The van der Waals surface area contributed by atoms with E-state index in [1.165, 1.54) is 12.3 Å². The van der Waals surface area contributed by atoms with Gasteiger partial charge in [-0.15, -0.1) is 5.10 Å². The van der Waals surface area contributed by atoms with Gasteiger partial charge < -0.3 is 20.0 Å². The molecule has 13 heteroatoms. The number of alkyl halides is 2. The maximum Gasteiger partial charge on any atom is 0.323 e. The fourth-order valence-corrected chi connectivity index (χ4v) is 6.28. The Labute approximate surface area is 274 Å². The number of piperazine rings is 1. The topological polar surface area (TPSA) is 103 Å². The summed E-state index contributed by atoms with van der Waals surface area (Å²) in [6, 6.07) is 20.5. The van der Waals surface area contributed by atoms with E-state index in [0.717, 1.165) is 90.7 Å². The molecule has 9 nitrogen and oxygen atoms in total. The summed E-state index contributed by atoms with van der Waals surface area (Å²) >= 11 is 0. The number of aliphatic hydroxyl groups excluding tert-OH is 1. The monoisotopic (exact) mass is 659 g/mol. The molecule has 3 heterocycles. The zero-order valence-corrected chi connectivity index (χ0v) is 25.8. The summed E-state index contributed by atoms with van der Waals surface area (Å²) in [5.41, 5.74) is -0.382. The van der Waals surface area contributed by atoms with Crippen molar-refractivity contribution < 1.29 is 27.8 Å². The molecular formula is C35H33F4N7O2. The second kappa shape index (κ2) is 12.6. The van der Waals surface area contributed by atoms with Crippen LogP contribution in [0.15, 0.2) is 91.4 Å². The fourth-order valence-electron chi connectivity index (χ4n) is 6.28. The molecule has 0 spiro atoms. The maximum absolute atomic E-state index is 16.1. The summed E-state index contributed by atoms with van der Waals surface area (Å²) in [6.45, 7) is 2.39. The van der Waals surface area contributed by atoms with Gasteiger partial charge in [-0.1, -0.05) is 30.3 Å². The van der Waals surface area contributed by atoms with Gasteiger partial charge in [-0.2, -0.15) is 8.78 Å². The van der Waals surface area contributed by atoms with Crippen LogP contribution in [0, 0.1) is 17.6 Å². The van der Waals surface area contributed by atoms with E-state index >= 15 is 8.78 Å². The minimum atomic E-state index is -4.14. The van der Waals surface area contributed by atoms with Crippen molar-refractivity contribution in [1.82, 2.24) is 25.2 Å². The first-order valence-corrected chi connectivity index (χ1v) is 15.7. The number of aromatic nitrogens is 5. The molecule has 3 aromatic carbocycles. The van der Waals surface area contributed by atoms with Crippen molar-refractivity contribution in [2.45, 2.75) is 37.0 Å². The molecule has 248 valence electrons. The Kier molecular flexibility index (Phi) is 8.34. The smallest absolute Gasteiger partial charge is 0.323 e. The molecule has 0 radical (unpaired) electrons. The normalized spacial score (nSPS) is 17.3. The van der Waals surface area contributed by atoms with Crippen molar-refractivity contribution in [3.8, 4) is 11.1 Å². The van der Waals surface area contributed by atoms with E-state index in [0.29, 0.717) is 17.5 Å². The van der Waals surface area contributed by atoms with Crippen LogP contribution in [-0.4, -0.2) is 61.6 Å². The molecule has 2 atom stereocenters. The second-order valence-corrected chi connectivity index (χ2v) is 12.4. The number of aliphatic hydroxyl groups is 2. The van der Waals surface area contributed by atoms with Crippen LogP contribution < -0.4 is 9.80 Å². The Hall–Kier alpha value is -4.88. The number of benzene rings is 3. The van der Waals surface area contributed by atoms with Crippen molar-refractivity contribution >= 4 is 11.4 Å². The van der Waals surface area contributed by atoms with Crippen LogP contribution in [0.25, 0.3) is 11.1 Å². The number of nitrogens with zero attached hydrogens (tertiary/aromatic N) is 7. The summed E-state index contributed by atoms with van der Waals surface area (Å²) < 4.78 is 61.5. The summed E-state index contributed by atoms with van der Waals surface area (Å²) in [4.78, 5) is 8.59. The van der Waals surface area contributed by atoms with E-state index in [9.17, 15) is 19.0 Å². The first-order valence-electron chi connectivity index (χ1n) is 15.7. The Bertz CT molecular complexity index is 1850. The Morgan fingerprint density at radius 3 is 1.98 bits per heavy atom. The third kappa shape index (κ3) is 6.11. The van der Waals surface area contributed by atoms with Crippen molar-refractivity contribution in [1.29, 1.82) is 0 Å². The van der Waals surface area contributed by atoms with Crippen molar-refractivity contribution in [2.75, 3.05) is 36.0 Å². The van der Waals surface area contributed by atoms with Crippen LogP contribution in [0.5, 0.6) is 0 Å². The standard InChI is InChI=1S/C35H33F4N7O2/c36-27-8-13-30(31(37)19-27)34(48,21-46-22-41-42-43-46)35(38,39)32-14-7-26(20-40-32)23-3-9-28(10-4-23)44-15-17-45(18-16-44)29-11-5-25(6-12-29)33(47)24-1-2-24/h3-14,19-20,22,24,33,47-48H,1-2,15-18,21H2/t33-,34?/m1/s1.